The molecule has 0 atom stereocenters. The Morgan fingerprint density at radius 3 is 2.44 bits per heavy atom. The first-order chi connectivity index (χ1) is 11.7. The second kappa shape index (κ2) is 7.16. The van der Waals surface area contributed by atoms with Crippen molar-refractivity contribution >= 4 is 17.3 Å². The van der Waals surface area contributed by atoms with Crippen molar-refractivity contribution in [2.75, 3.05) is 5.32 Å². The van der Waals surface area contributed by atoms with Crippen LogP contribution in [0.15, 0.2) is 33.9 Å². The van der Waals surface area contributed by atoms with E-state index in [2.05, 4.69) is 19.2 Å². The lowest BCUT2D eigenvalue weighted by Crippen LogP contribution is -2.33. The topological polar surface area (TPSA) is 128 Å². The molecule has 0 radical (unpaired) electrons. The number of nitrogens with zero attached hydrogens (tertiary/aromatic N) is 1. The van der Waals surface area contributed by atoms with Gasteiger partial charge in [-0.2, -0.15) is 0 Å². The van der Waals surface area contributed by atoms with Gasteiger partial charge in [-0.15, -0.1) is 0 Å². The van der Waals surface area contributed by atoms with Crippen molar-refractivity contribution in [2.45, 2.75) is 26.2 Å². The first-order valence-electron chi connectivity index (χ1n) is 7.70. The molecule has 1 aromatic heterocycles. The second-order valence-electron chi connectivity index (χ2n) is 6.00. The number of rotatable bonds is 5. The average Bonchev–Trinajstić information content (AvgIpc) is 2.53. The Morgan fingerprint density at radius 2 is 1.88 bits per heavy atom. The summed E-state index contributed by atoms with van der Waals surface area (Å²) in [5.74, 6) is -0.778. The molecule has 0 unspecified atom stereocenters. The van der Waals surface area contributed by atoms with Gasteiger partial charge < -0.3 is 15.8 Å². The molecule has 1 aromatic carbocycles. The molecule has 1 heterocycles. The summed E-state index contributed by atoms with van der Waals surface area (Å²) in [7, 11) is 1.25. The van der Waals surface area contributed by atoms with Gasteiger partial charge in [-0.05, 0) is 23.6 Å². The van der Waals surface area contributed by atoms with E-state index in [1.165, 1.54) is 7.05 Å². The van der Waals surface area contributed by atoms with Crippen molar-refractivity contribution in [3.05, 3.63) is 56.2 Å². The van der Waals surface area contributed by atoms with E-state index < -0.39 is 35.0 Å². The minimum atomic E-state index is -0.903. The minimum Gasteiger partial charge on any atom is -0.494 e. The van der Waals surface area contributed by atoms with Gasteiger partial charge in [-0.3, -0.25) is 19.1 Å². The number of nitrogens with one attached hydrogen (secondary N) is 3. The van der Waals surface area contributed by atoms with Gasteiger partial charge in [-0.25, -0.2) is 4.79 Å². The van der Waals surface area contributed by atoms with E-state index in [1.54, 1.807) is 12.1 Å². The Morgan fingerprint density at radius 1 is 1.28 bits per heavy atom. The van der Waals surface area contributed by atoms with E-state index in [4.69, 9.17) is 5.41 Å². The molecular weight excluding hydrogens is 324 g/mol. The molecule has 25 heavy (non-hydrogen) atoms. The second-order valence-corrected chi connectivity index (χ2v) is 6.00. The predicted octanol–water partition coefficient (Wildman–Crippen LogP) is 1.30. The largest absolute Gasteiger partial charge is 0.494 e. The molecule has 2 rings (SSSR count). The number of hydrogen-bond donors (Lipinski definition) is 4. The summed E-state index contributed by atoms with van der Waals surface area (Å²) in [5, 5.41) is 20.4. The molecule has 1 amide bonds. The van der Waals surface area contributed by atoms with Gasteiger partial charge in [-0.1, -0.05) is 26.0 Å². The SMILES string of the molecule is CC(C)c1ccc(NC(=O)CC(=N)c2c(O)n(C)c(=O)[nH]c2=O)cc1. The zero-order valence-electron chi connectivity index (χ0n) is 14.2. The Kier molecular flexibility index (Phi) is 5.21. The zero-order chi connectivity index (χ0) is 18.7. The minimum absolute atomic E-state index is 0.373. The van der Waals surface area contributed by atoms with Crippen LogP contribution in [0.25, 0.3) is 0 Å². The van der Waals surface area contributed by atoms with Crippen molar-refractivity contribution in [3.8, 4) is 5.88 Å². The monoisotopic (exact) mass is 344 g/mol. The quantitative estimate of drug-likeness (QED) is 0.609. The molecule has 0 saturated carbocycles. The van der Waals surface area contributed by atoms with Gasteiger partial charge in [0.2, 0.25) is 11.8 Å². The maximum atomic E-state index is 12.1. The van der Waals surface area contributed by atoms with E-state index in [0.717, 1.165) is 10.1 Å². The van der Waals surface area contributed by atoms with Crippen molar-refractivity contribution < 1.29 is 9.90 Å². The third-order valence-electron chi connectivity index (χ3n) is 3.79. The molecule has 0 aliphatic carbocycles. The fourth-order valence-electron chi connectivity index (χ4n) is 2.29. The lowest BCUT2D eigenvalue weighted by molar-refractivity contribution is -0.115. The highest BCUT2D eigenvalue weighted by Gasteiger charge is 2.19. The molecule has 0 aliphatic rings. The zero-order valence-corrected chi connectivity index (χ0v) is 14.2. The van der Waals surface area contributed by atoms with Crippen LogP contribution >= 0.6 is 0 Å². The summed E-state index contributed by atoms with van der Waals surface area (Å²) in [5.41, 5.74) is -0.778. The molecule has 2 aromatic rings. The lowest BCUT2D eigenvalue weighted by Gasteiger charge is -2.10. The molecule has 132 valence electrons. The van der Waals surface area contributed by atoms with Crippen molar-refractivity contribution in [1.29, 1.82) is 5.41 Å². The van der Waals surface area contributed by atoms with E-state index in [-0.39, 0.29) is 5.71 Å². The van der Waals surface area contributed by atoms with E-state index >= 15 is 0 Å². The number of carbonyl (C=O) groups is 1. The van der Waals surface area contributed by atoms with Crippen LogP contribution in [0.2, 0.25) is 0 Å². The van der Waals surface area contributed by atoms with Crippen LogP contribution in [0.4, 0.5) is 5.69 Å². The predicted molar refractivity (Wildman–Crippen MR) is 94.6 cm³/mol. The fraction of sp³-hybridized carbons (Fsp3) is 0.294. The van der Waals surface area contributed by atoms with E-state index in [9.17, 15) is 19.5 Å². The smallest absolute Gasteiger partial charge is 0.330 e. The van der Waals surface area contributed by atoms with Crippen LogP contribution in [0.3, 0.4) is 0 Å². The molecule has 0 fully saturated rings. The van der Waals surface area contributed by atoms with Crippen LogP contribution in [-0.4, -0.2) is 26.3 Å². The van der Waals surface area contributed by atoms with Crippen LogP contribution in [0, 0.1) is 5.41 Å². The average molecular weight is 344 g/mol. The van der Waals surface area contributed by atoms with Crippen molar-refractivity contribution in [1.82, 2.24) is 9.55 Å². The number of aromatic amines is 1. The van der Waals surface area contributed by atoms with E-state index in [1.807, 2.05) is 17.1 Å². The van der Waals surface area contributed by atoms with Crippen LogP contribution in [0.5, 0.6) is 5.88 Å². The van der Waals surface area contributed by atoms with Gasteiger partial charge in [0, 0.05) is 12.7 Å². The highest BCUT2D eigenvalue weighted by molar-refractivity contribution is 6.12. The third-order valence-corrected chi connectivity index (χ3v) is 3.79. The fourth-order valence-corrected chi connectivity index (χ4v) is 2.29. The Hall–Kier alpha value is -3.16. The maximum absolute atomic E-state index is 12.1. The number of anilines is 1. The number of hydrogen-bond acceptors (Lipinski definition) is 5. The molecule has 0 aliphatic heterocycles. The summed E-state index contributed by atoms with van der Waals surface area (Å²) in [6.45, 7) is 4.12. The summed E-state index contributed by atoms with van der Waals surface area (Å²) in [6, 6.07) is 7.31. The summed E-state index contributed by atoms with van der Waals surface area (Å²) < 4.78 is 0.799. The van der Waals surface area contributed by atoms with Crippen LogP contribution < -0.4 is 16.6 Å². The normalized spacial score (nSPS) is 10.7. The van der Waals surface area contributed by atoms with Gasteiger partial charge in [0.25, 0.3) is 5.56 Å². The Bertz CT molecular complexity index is 923. The van der Waals surface area contributed by atoms with Gasteiger partial charge >= 0.3 is 5.69 Å². The summed E-state index contributed by atoms with van der Waals surface area (Å²) >= 11 is 0. The Labute approximate surface area is 143 Å². The standard InChI is InChI=1S/C17H20N4O4/c1-9(2)10-4-6-11(7-5-10)19-13(22)8-12(18)14-15(23)20-17(25)21(3)16(14)24/h4-7,9,18,24H,8H2,1-3H3,(H,19,22)(H,20,23,25). The number of amides is 1. The third kappa shape index (κ3) is 4.03. The molecule has 0 bridgehead atoms. The van der Waals surface area contributed by atoms with Gasteiger partial charge in [0.05, 0.1) is 12.1 Å². The summed E-state index contributed by atoms with van der Waals surface area (Å²) in [6.07, 6.45) is -0.416. The number of carbonyl (C=O) groups excluding carboxylic acids is 1. The molecule has 8 heteroatoms. The number of aromatic nitrogens is 2. The maximum Gasteiger partial charge on any atom is 0.330 e. The highest BCUT2D eigenvalue weighted by Crippen LogP contribution is 2.17. The van der Waals surface area contributed by atoms with E-state index in [0.29, 0.717) is 11.6 Å². The molecular formula is C17H20N4O4. The number of H-pyrrole nitrogens is 1. The van der Waals surface area contributed by atoms with Crippen LogP contribution in [-0.2, 0) is 11.8 Å². The first kappa shape index (κ1) is 18.2. The lowest BCUT2D eigenvalue weighted by atomic mass is 10.0. The molecule has 4 N–H and O–H groups in total. The van der Waals surface area contributed by atoms with Gasteiger partial charge in [0.1, 0.15) is 5.56 Å². The van der Waals surface area contributed by atoms with Crippen molar-refractivity contribution in [3.63, 3.8) is 0 Å². The molecule has 8 nitrogen and oxygen atoms in total. The highest BCUT2D eigenvalue weighted by atomic mass is 16.3. The number of aromatic hydroxyl groups is 1. The van der Waals surface area contributed by atoms with Gasteiger partial charge in [0.15, 0.2) is 0 Å². The molecule has 0 spiro atoms. The Balaban J connectivity index is 2.13. The van der Waals surface area contributed by atoms with Crippen molar-refractivity contribution in [2.24, 2.45) is 7.05 Å². The number of benzene rings is 1. The summed E-state index contributed by atoms with van der Waals surface area (Å²) in [4.78, 5) is 37.2. The molecule has 0 saturated heterocycles. The first-order valence-corrected chi connectivity index (χ1v) is 7.70. The van der Waals surface area contributed by atoms with Crippen LogP contribution in [0.1, 0.15) is 37.3 Å².